The van der Waals surface area contributed by atoms with E-state index in [1.54, 1.807) is 24.3 Å². The zero-order valence-electron chi connectivity index (χ0n) is 18.4. The average Bonchev–Trinajstić information content (AvgIpc) is 2.83. The predicted molar refractivity (Wildman–Crippen MR) is 126 cm³/mol. The molecule has 0 aromatic heterocycles. The molecule has 3 rings (SSSR count). The van der Waals surface area contributed by atoms with Gasteiger partial charge in [-0.3, -0.25) is 9.59 Å². The number of hydrogen-bond donors (Lipinski definition) is 2. The minimum atomic E-state index is -0.260. The topological polar surface area (TPSA) is 76.7 Å². The van der Waals surface area contributed by atoms with Crippen LogP contribution in [0.4, 0.5) is 11.4 Å². The molecule has 0 heterocycles. The van der Waals surface area contributed by atoms with Gasteiger partial charge in [-0.15, -0.1) is 0 Å². The lowest BCUT2D eigenvalue weighted by Crippen LogP contribution is -2.21. The van der Waals surface area contributed by atoms with E-state index in [-0.39, 0.29) is 25.0 Å². The maximum Gasteiger partial charge on any atom is 0.262 e. The van der Waals surface area contributed by atoms with E-state index in [1.165, 1.54) is 11.1 Å². The van der Waals surface area contributed by atoms with Crippen molar-refractivity contribution in [3.8, 4) is 11.5 Å². The van der Waals surface area contributed by atoms with Gasteiger partial charge < -0.3 is 20.1 Å². The van der Waals surface area contributed by atoms with Gasteiger partial charge in [0.25, 0.3) is 11.8 Å². The van der Waals surface area contributed by atoms with E-state index in [0.29, 0.717) is 22.9 Å². The number of carbonyl (C=O) groups excluding carboxylic acids is 2. The summed E-state index contributed by atoms with van der Waals surface area (Å²) in [5, 5.41) is 5.54. The number of rotatable bonds is 10. The van der Waals surface area contributed by atoms with Gasteiger partial charge in [0.2, 0.25) is 0 Å². The summed E-state index contributed by atoms with van der Waals surface area (Å²) in [5.74, 6) is 0.783. The Kier molecular flexibility index (Phi) is 8.26. The van der Waals surface area contributed by atoms with Gasteiger partial charge in [-0.1, -0.05) is 38.1 Å². The molecule has 0 spiro atoms. The van der Waals surface area contributed by atoms with Gasteiger partial charge in [0.15, 0.2) is 13.2 Å². The van der Waals surface area contributed by atoms with Crippen LogP contribution in [-0.4, -0.2) is 25.0 Å². The first-order chi connectivity index (χ1) is 15.6. The van der Waals surface area contributed by atoms with Gasteiger partial charge in [-0.05, 0) is 72.5 Å². The van der Waals surface area contributed by atoms with Crippen molar-refractivity contribution < 1.29 is 19.1 Å². The zero-order valence-corrected chi connectivity index (χ0v) is 18.4. The molecule has 0 aliphatic rings. The normalized spacial score (nSPS) is 10.3. The van der Waals surface area contributed by atoms with Gasteiger partial charge >= 0.3 is 0 Å². The molecule has 0 saturated heterocycles. The fourth-order valence-corrected chi connectivity index (χ4v) is 2.97. The Morgan fingerprint density at radius 3 is 1.25 bits per heavy atom. The quantitative estimate of drug-likeness (QED) is 0.480. The number of anilines is 2. The maximum absolute atomic E-state index is 12.1. The molecular weight excluding hydrogens is 404 g/mol. The Hall–Kier alpha value is -3.80. The number of benzene rings is 3. The van der Waals surface area contributed by atoms with Crippen LogP contribution in [0.3, 0.4) is 0 Å². The molecule has 0 aliphatic heterocycles. The van der Waals surface area contributed by atoms with Crippen LogP contribution in [0.2, 0.25) is 0 Å². The van der Waals surface area contributed by atoms with Crippen LogP contribution < -0.4 is 20.1 Å². The first-order valence-corrected chi connectivity index (χ1v) is 10.7. The predicted octanol–water partition coefficient (Wildman–Crippen LogP) is 4.85. The largest absolute Gasteiger partial charge is 0.484 e. The van der Waals surface area contributed by atoms with Crippen LogP contribution in [0.15, 0.2) is 72.8 Å². The van der Waals surface area contributed by atoms with Crippen LogP contribution in [0.1, 0.15) is 25.0 Å². The number of amides is 2. The van der Waals surface area contributed by atoms with Crippen molar-refractivity contribution in [1.29, 1.82) is 0 Å². The summed E-state index contributed by atoms with van der Waals surface area (Å²) >= 11 is 0. The SMILES string of the molecule is CCc1ccc(OCC(=O)Nc2ccc(NC(=O)COc3ccc(CC)cc3)cc2)cc1. The molecule has 0 atom stereocenters. The van der Waals surface area contributed by atoms with E-state index >= 15 is 0 Å². The van der Waals surface area contributed by atoms with E-state index in [1.807, 2.05) is 48.5 Å². The van der Waals surface area contributed by atoms with Crippen molar-refractivity contribution in [1.82, 2.24) is 0 Å². The van der Waals surface area contributed by atoms with E-state index in [4.69, 9.17) is 9.47 Å². The number of hydrogen-bond acceptors (Lipinski definition) is 4. The minimum absolute atomic E-state index is 0.0828. The standard InChI is InChI=1S/C26H28N2O4/c1-3-19-5-13-23(14-6-19)31-17-25(29)27-21-9-11-22(12-10-21)28-26(30)18-32-24-15-7-20(4-2)8-16-24/h5-16H,3-4,17-18H2,1-2H3,(H,27,29)(H,28,30). The Labute approximate surface area is 188 Å². The van der Waals surface area contributed by atoms with Crippen molar-refractivity contribution in [3.05, 3.63) is 83.9 Å². The summed E-state index contributed by atoms with van der Waals surface area (Å²) in [6.45, 7) is 4.00. The monoisotopic (exact) mass is 432 g/mol. The first kappa shape index (κ1) is 22.9. The fourth-order valence-electron chi connectivity index (χ4n) is 2.97. The van der Waals surface area contributed by atoms with Crippen molar-refractivity contribution in [3.63, 3.8) is 0 Å². The van der Waals surface area contributed by atoms with E-state index < -0.39 is 0 Å². The van der Waals surface area contributed by atoms with Crippen molar-refractivity contribution >= 4 is 23.2 Å². The fraction of sp³-hybridized carbons (Fsp3) is 0.231. The summed E-state index contributed by atoms with van der Waals surface area (Å²) in [5.41, 5.74) is 3.66. The molecule has 3 aromatic carbocycles. The zero-order chi connectivity index (χ0) is 22.8. The molecule has 0 unspecified atom stereocenters. The third kappa shape index (κ3) is 7.16. The highest BCUT2D eigenvalue weighted by atomic mass is 16.5. The molecular formula is C26H28N2O4. The maximum atomic E-state index is 12.1. The second-order valence-electron chi connectivity index (χ2n) is 7.25. The molecule has 6 nitrogen and oxygen atoms in total. The molecule has 0 fully saturated rings. The Morgan fingerprint density at radius 1 is 0.594 bits per heavy atom. The number of aryl methyl sites for hydroxylation is 2. The molecule has 6 heteroatoms. The lowest BCUT2D eigenvalue weighted by atomic mass is 10.2. The summed E-state index contributed by atoms with van der Waals surface area (Å²) in [6.07, 6.45) is 1.91. The third-order valence-corrected chi connectivity index (χ3v) is 4.86. The van der Waals surface area contributed by atoms with Crippen LogP contribution in [0.5, 0.6) is 11.5 Å². The summed E-state index contributed by atoms with van der Waals surface area (Å²) in [6, 6.07) is 22.2. The van der Waals surface area contributed by atoms with Gasteiger partial charge in [-0.2, -0.15) is 0 Å². The van der Waals surface area contributed by atoms with Crippen molar-refractivity contribution in [2.45, 2.75) is 26.7 Å². The van der Waals surface area contributed by atoms with Gasteiger partial charge in [-0.25, -0.2) is 0 Å². The lowest BCUT2D eigenvalue weighted by Gasteiger charge is -2.10. The third-order valence-electron chi connectivity index (χ3n) is 4.86. The second-order valence-corrected chi connectivity index (χ2v) is 7.25. The van der Waals surface area contributed by atoms with Gasteiger partial charge in [0, 0.05) is 11.4 Å². The van der Waals surface area contributed by atoms with Gasteiger partial charge in [0.05, 0.1) is 0 Å². The van der Waals surface area contributed by atoms with Gasteiger partial charge in [0.1, 0.15) is 11.5 Å². The Bertz CT molecular complexity index is 929. The van der Waals surface area contributed by atoms with Crippen LogP contribution in [0, 0.1) is 0 Å². The minimum Gasteiger partial charge on any atom is -0.484 e. The van der Waals surface area contributed by atoms with Crippen molar-refractivity contribution in [2.24, 2.45) is 0 Å². The number of ether oxygens (including phenoxy) is 2. The van der Waals surface area contributed by atoms with E-state index in [9.17, 15) is 9.59 Å². The van der Waals surface area contributed by atoms with E-state index in [0.717, 1.165) is 12.8 Å². The van der Waals surface area contributed by atoms with Crippen LogP contribution >= 0.6 is 0 Å². The second kappa shape index (κ2) is 11.6. The highest BCUT2D eigenvalue weighted by Gasteiger charge is 2.07. The lowest BCUT2D eigenvalue weighted by molar-refractivity contribution is -0.118. The molecule has 2 amide bonds. The average molecular weight is 433 g/mol. The molecule has 0 radical (unpaired) electrons. The number of nitrogens with one attached hydrogen (secondary N) is 2. The molecule has 166 valence electrons. The van der Waals surface area contributed by atoms with Crippen LogP contribution in [0.25, 0.3) is 0 Å². The number of carbonyl (C=O) groups is 2. The molecule has 0 bridgehead atoms. The highest BCUT2D eigenvalue weighted by Crippen LogP contribution is 2.16. The molecule has 3 aromatic rings. The summed E-state index contributed by atoms with van der Waals surface area (Å²) < 4.78 is 11.0. The molecule has 0 saturated carbocycles. The molecule has 32 heavy (non-hydrogen) atoms. The summed E-state index contributed by atoms with van der Waals surface area (Å²) in [4.78, 5) is 24.2. The van der Waals surface area contributed by atoms with Crippen LogP contribution in [-0.2, 0) is 22.4 Å². The highest BCUT2D eigenvalue weighted by molar-refractivity contribution is 5.94. The summed E-state index contributed by atoms with van der Waals surface area (Å²) in [7, 11) is 0. The molecule has 0 aliphatic carbocycles. The molecule has 2 N–H and O–H groups in total. The first-order valence-electron chi connectivity index (χ1n) is 10.7. The van der Waals surface area contributed by atoms with E-state index in [2.05, 4.69) is 24.5 Å². The van der Waals surface area contributed by atoms with Crippen molar-refractivity contribution in [2.75, 3.05) is 23.8 Å². The smallest absolute Gasteiger partial charge is 0.262 e. The Balaban J connectivity index is 1.41. The Morgan fingerprint density at radius 2 is 0.938 bits per heavy atom.